The Bertz CT molecular complexity index is 1060. The Morgan fingerprint density at radius 1 is 1.03 bits per heavy atom. The van der Waals surface area contributed by atoms with Crippen LogP contribution in [0, 0.1) is 12.8 Å². The van der Waals surface area contributed by atoms with Crippen LogP contribution >= 0.6 is 11.6 Å². The Kier molecular flexibility index (Phi) is 9.88. The summed E-state index contributed by atoms with van der Waals surface area (Å²) in [4.78, 5) is 49.2. The summed E-state index contributed by atoms with van der Waals surface area (Å²) in [6, 6.07) is 10.7. The molecule has 2 rings (SSSR count). The van der Waals surface area contributed by atoms with E-state index in [1.165, 1.54) is 13.2 Å². The molecule has 10 heteroatoms. The highest BCUT2D eigenvalue weighted by Gasteiger charge is 2.27. The molecule has 2 aromatic rings. The van der Waals surface area contributed by atoms with Crippen molar-refractivity contribution in [1.82, 2.24) is 10.6 Å². The fraction of sp³-hybridized carbons (Fsp3) is 0.333. The smallest absolute Gasteiger partial charge is 0.329 e. The maximum Gasteiger partial charge on any atom is 0.329 e. The van der Waals surface area contributed by atoms with Crippen molar-refractivity contribution in [3.8, 4) is 5.75 Å². The van der Waals surface area contributed by atoms with E-state index in [4.69, 9.17) is 21.1 Å². The Morgan fingerprint density at radius 3 is 2.38 bits per heavy atom. The number of carbonyl (C=O) groups is 4. The monoisotopic (exact) mass is 489 g/mol. The van der Waals surface area contributed by atoms with Gasteiger partial charge in [-0.3, -0.25) is 14.4 Å². The van der Waals surface area contributed by atoms with Crippen molar-refractivity contribution in [2.45, 2.75) is 26.8 Å². The Balaban J connectivity index is 1.85. The zero-order chi connectivity index (χ0) is 25.3. The SMILES string of the molecule is COc1ccc(C)cc1NC(=O)CNC(=O)COC(=O)C(NC(=O)c1ccccc1Cl)C(C)C. The molecule has 0 saturated heterocycles. The van der Waals surface area contributed by atoms with Gasteiger partial charge in [0.2, 0.25) is 5.91 Å². The standard InChI is InChI=1S/C24H28ClN3O6/c1-14(2)22(28-23(31)16-7-5-6-8-17(16)25)24(32)34-13-21(30)26-12-20(29)27-18-11-15(3)9-10-19(18)33-4/h5-11,14,22H,12-13H2,1-4H3,(H,26,30)(H,27,29)(H,28,31). The minimum atomic E-state index is -0.992. The van der Waals surface area contributed by atoms with E-state index >= 15 is 0 Å². The average molecular weight is 490 g/mol. The molecule has 0 bridgehead atoms. The summed E-state index contributed by atoms with van der Waals surface area (Å²) >= 11 is 6.03. The molecule has 34 heavy (non-hydrogen) atoms. The average Bonchev–Trinajstić information content (AvgIpc) is 2.79. The highest BCUT2D eigenvalue weighted by molar-refractivity contribution is 6.33. The molecule has 0 aliphatic heterocycles. The predicted octanol–water partition coefficient (Wildman–Crippen LogP) is 2.71. The molecule has 0 fully saturated rings. The van der Waals surface area contributed by atoms with Crippen molar-refractivity contribution in [2.75, 3.05) is 25.6 Å². The molecule has 0 saturated carbocycles. The number of hydrogen-bond donors (Lipinski definition) is 3. The van der Waals surface area contributed by atoms with Crippen LogP contribution in [0.2, 0.25) is 5.02 Å². The van der Waals surface area contributed by atoms with Crippen molar-refractivity contribution < 1.29 is 28.7 Å². The summed E-state index contributed by atoms with van der Waals surface area (Å²) in [5.74, 6) is -2.28. The van der Waals surface area contributed by atoms with Crippen molar-refractivity contribution in [1.29, 1.82) is 0 Å². The first-order chi connectivity index (χ1) is 16.1. The third-order valence-electron chi connectivity index (χ3n) is 4.75. The van der Waals surface area contributed by atoms with Crippen molar-refractivity contribution >= 4 is 41.0 Å². The normalized spacial score (nSPS) is 11.4. The molecule has 2 aromatic carbocycles. The van der Waals surface area contributed by atoms with Crippen LogP contribution in [0.4, 0.5) is 5.69 Å². The van der Waals surface area contributed by atoms with E-state index in [-0.39, 0.29) is 23.0 Å². The van der Waals surface area contributed by atoms with E-state index in [1.807, 2.05) is 13.0 Å². The summed E-state index contributed by atoms with van der Waals surface area (Å²) < 4.78 is 10.2. The van der Waals surface area contributed by atoms with E-state index < -0.39 is 36.3 Å². The largest absolute Gasteiger partial charge is 0.495 e. The topological polar surface area (TPSA) is 123 Å². The first-order valence-electron chi connectivity index (χ1n) is 10.6. The van der Waals surface area contributed by atoms with Gasteiger partial charge < -0.3 is 25.4 Å². The maximum absolute atomic E-state index is 12.5. The summed E-state index contributed by atoms with van der Waals surface area (Å²) in [6.07, 6.45) is 0. The van der Waals surface area contributed by atoms with Gasteiger partial charge in [-0.05, 0) is 42.7 Å². The van der Waals surface area contributed by atoms with Crippen molar-refractivity contribution in [3.63, 3.8) is 0 Å². The lowest BCUT2D eigenvalue weighted by atomic mass is 10.0. The van der Waals surface area contributed by atoms with Gasteiger partial charge in [0.25, 0.3) is 11.8 Å². The van der Waals surface area contributed by atoms with Gasteiger partial charge in [0.1, 0.15) is 11.8 Å². The van der Waals surface area contributed by atoms with Gasteiger partial charge in [0.15, 0.2) is 6.61 Å². The molecule has 3 amide bonds. The molecule has 0 heterocycles. The van der Waals surface area contributed by atoms with Gasteiger partial charge in [0, 0.05) is 0 Å². The van der Waals surface area contributed by atoms with E-state index in [1.54, 1.807) is 44.2 Å². The first-order valence-corrected chi connectivity index (χ1v) is 10.9. The van der Waals surface area contributed by atoms with Gasteiger partial charge in [0.05, 0.1) is 29.9 Å². The number of benzene rings is 2. The quantitative estimate of drug-likeness (QED) is 0.441. The van der Waals surface area contributed by atoms with Gasteiger partial charge in [-0.15, -0.1) is 0 Å². The van der Waals surface area contributed by atoms with Crippen LogP contribution in [-0.4, -0.2) is 50.0 Å². The second-order valence-corrected chi connectivity index (χ2v) is 8.22. The lowest BCUT2D eigenvalue weighted by Gasteiger charge is -2.21. The molecule has 1 atom stereocenters. The van der Waals surface area contributed by atoms with Crippen LogP contribution in [0.5, 0.6) is 5.75 Å². The first kappa shape index (κ1) is 26.7. The number of hydrogen-bond acceptors (Lipinski definition) is 6. The number of halogens is 1. The molecule has 0 aromatic heterocycles. The molecule has 0 radical (unpaired) electrons. The fourth-order valence-corrected chi connectivity index (χ4v) is 3.15. The Hall–Kier alpha value is -3.59. The van der Waals surface area contributed by atoms with Crippen LogP contribution in [0.1, 0.15) is 29.8 Å². The molecule has 1 unspecified atom stereocenters. The highest BCUT2D eigenvalue weighted by atomic mass is 35.5. The number of amides is 3. The molecule has 182 valence electrons. The number of rotatable bonds is 10. The summed E-state index contributed by atoms with van der Waals surface area (Å²) in [7, 11) is 1.48. The lowest BCUT2D eigenvalue weighted by Crippen LogP contribution is -2.46. The summed E-state index contributed by atoms with van der Waals surface area (Å²) in [6.45, 7) is 4.38. The Labute approximate surface area is 203 Å². The third-order valence-corrected chi connectivity index (χ3v) is 5.08. The number of esters is 1. The van der Waals surface area contributed by atoms with E-state index in [0.29, 0.717) is 11.4 Å². The molecule has 0 spiro atoms. The molecule has 3 N–H and O–H groups in total. The summed E-state index contributed by atoms with van der Waals surface area (Å²) in [5.41, 5.74) is 1.62. The van der Waals surface area contributed by atoms with Crippen LogP contribution in [0.15, 0.2) is 42.5 Å². The third kappa shape index (κ3) is 7.77. The second-order valence-electron chi connectivity index (χ2n) is 7.81. The van der Waals surface area contributed by atoms with Crippen LogP contribution in [0.25, 0.3) is 0 Å². The molecule has 0 aliphatic carbocycles. The molecular formula is C24H28ClN3O6. The fourth-order valence-electron chi connectivity index (χ4n) is 2.93. The lowest BCUT2D eigenvalue weighted by molar-refractivity contribution is -0.151. The number of ether oxygens (including phenoxy) is 2. The van der Waals surface area contributed by atoms with Crippen LogP contribution < -0.4 is 20.7 Å². The van der Waals surface area contributed by atoms with Gasteiger partial charge in [-0.2, -0.15) is 0 Å². The zero-order valence-electron chi connectivity index (χ0n) is 19.4. The van der Waals surface area contributed by atoms with E-state index in [0.717, 1.165) is 5.56 Å². The van der Waals surface area contributed by atoms with Crippen LogP contribution in [-0.2, 0) is 19.1 Å². The maximum atomic E-state index is 12.5. The number of carbonyl (C=O) groups excluding carboxylic acids is 4. The molecule has 0 aliphatic rings. The summed E-state index contributed by atoms with van der Waals surface area (Å²) in [5, 5.41) is 7.86. The minimum absolute atomic E-state index is 0.219. The van der Waals surface area contributed by atoms with Gasteiger partial charge in [-0.1, -0.05) is 43.6 Å². The number of aryl methyl sites for hydroxylation is 1. The van der Waals surface area contributed by atoms with Crippen molar-refractivity contribution in [3.05, 3.63) is 58.6 Å². The van der Waals surface area contributed by atoms with Crippen molar-refractivity contribution in [2.24, 2.45) is 5.92 Å². The minimum Gasteiger partial charge on any atom is -0.495 e. The van der Waals surface area contributed by atoms with Gasteiger partial charge >= 0.3 is 5.97 Å². The predicted molar refractivity (Wildman–Crippen MR) is 128 cm³/mol. The van der Waals surface area contributed by atoms with Crippen LogP contribution in [0.3, 0.4) is 0 Å². The highest BCUT2D eigenvalue weighted by Crippen LogP contribution is 2.24. The number of nitrogens with one attached hydrogen (secondary N) is 3. The number of methoxy groups -OCH3 is 1. The second kappa shape index (κ2) is 12.6. The number of anilines is 1. The zero-order valence-corrected chi connectivity index (χ0v) is 20.2. The molecular weight excluding hydrogens is 462 g/mol. The van der Waals surface area contributed by atoms with E-state index in [2.05, 4.69) is 16.0 Å². The molecule has 9 nitrogen and oxygen atoms in total. The Morgan fingerprint density at radius 2 is 1.74 bits per heavy atom. The van der Waals surface area contributed by atoms with E-state index in [9.17, 15) is 19.2 Å². The van der Waals surface area contributed by atoms with Gasteiger partial charge in [-0.25, -0.2) is 4.79 Å².